The van der Waals surface area contributed by atoms with Crippen LogP contribution in [0.2, 0.25) is 0 Å². The van der Waals surface area contributed by atoms with Crippen LogP contribution in [-0.4, -0.2) is 35.4 Å². The van der Waals surface area contributed by atoms with E-state index < -0.39 is 0 Å². The minimum atomic E-state index is -0.126. The lowest BCUT2D eigenvalue weighted by Gasteiger charge is -2.28. The van der Waals surface area contributed by atoms with Crippen LogP contribution in [0, 0.1) is 6.92 Å². The normalized spacial score (nSPS) is 12.9. The highest BCUT2D eigenvalue weighted by Gasteiger charge is 2.20. The number of nitrogens with zero attached hydrogens (tertiary/aromatic N) is 2. The zero-order valence-corrected chi connectivity index (χ0v) is 14.6. The van der Waals surface area contributed by atoms with Crippen molar-refractivity contribution in [3.63, 3.8) is 0 Å². The monoisotopic (exact) mass is 333 g/mol. The minimum Gasteiger partial charge on any atom is -0.468 e. The molecule has 0 aliphatic carbocycles. The molecule has 0 aliphatic rings. The largest absolute Gasteiger partial charge is 0.468 e. The average molecular weight is 333 g/mol. The maximum atomic E-state index is 12.0. The summed E-state index contributed by atoms with van der Waals surface area (Å²) in [6, 6.07) is 3.86. The Kier molecular flexibility index (Phi) is 6.55. The molecule has 23 heavy (non-hydrogen) atoms. The van der Waals surface area contributed by atoms with Crippen molar-refractivity contribution in [2.45, 2.75) is 26.8 Å². The number of likely N-dealkylation sites (N-methyl/N-ethyl adjacent to an activating group) is 1. The fraction of sp³-hybridized carbons (Fsp3) is 0.412. The van der Waals surface area contributed by atoms with E-state index >= 15 is 0 Å². The highest BCUT2D eigenvalue weighted by Crippen LogP contribution is 2.20. The molecule has 2 rings (SSSR count). The summed E-state index contributed by atoms with van der Waals surface area (Å²) in [5, 5.41) is 5.87. The molecular weight excluding hydrogens is 310 g/mol. The van der Waals surface area contributed by atoms with E-state index in [9.17, 15) is 4.79 Å². The molecule has 2 heterocycles. The zero-order valence-electron chi connectivity index (χ0n) is 13.8. The van der Waals surface area contributed by atoms with Crippen LogP contribution in [0.3, 0.4) is 0 Å². The van der Waals surface area contributed by atoms with Crippen molar-refractivity contribution < 1.29 is 9.21 Å². The second-order valence-corrected chi connectivity index (χ2v) is 6.18. The van der Waals surface area contributed by atoms with E-state index in [1.807, 2.05) is 24.4 Å². The Labute approximate surface area is 141 Å². The first kappa shape index (κ1) is 17.4. The number of nitrogens with one attached hydrogen (secondary N) is 1. The van der Waals surface area contributed by atoms with Crippen molar-refractivity contribution in [2.75, 3.05) is 19.6 Å². The second kappa shape index (κ2) is 8.64. The third-order valence-corrected chi connectivity index (χ3v) is 4.43. The Morgan fingerprint density at radius 3 is 2.83 bits per heavy atom. The molecular formula is C17H23N3O2S. The number of carbonyl (C=O) groups excluding carboxylic acids is 1. The molecule has 0 spiro atoms. The number of furan rings is 1. The van der Waals surface area contributed by atoms with E-state index in [0.29, 0.717) is 6.54 Å². The molecule has 1 amide bonds. The van der Waals surface area contributed by atoms with Gasteiger partial charge in [0.1, 0.15) is 5.76 Å². The second-order valence-electron chi connectivity index (χ2n) is 5.12. The summed E-state index contributed by atoms with van der Waals surface area (Å²) in [6.45, 7) is 8.45. The van der Waals surface area contributed by atoms with Crippen molar-refractivity contribution in [1.29, 1.82) is 0 Å². The molecule has 1 N–H and O–H groups in total. The van der Waals surface area contributed by atoms with Crippen molar-refractivity contribution in [3.8, 4) is 0 Å². The highest BCUT2D eigenvalue weighted by atomic mass is 32.1. The number of amides is 1. The van der Waals surface area contributed by atoms with Gasteiger partial charge in [0.25, 0.3) is 0 Å². The van der Waals surface area contributed by atoms with Gasteiger partial charge >= 0.3 is 0 Å². The Balaban J connectivity index is 1.95. The van der Waals surface area contributed by atoms with Gasteiger partial charge in [-0.1, -0.05) is 13.8 Å². The first-order valence-electron chi connectivity index (χ1n) is 7.79. The van der Waals surface area contributed by atoms with Gasteiger partial charge in [-0.15, -0.1) is 11.3 Å². The van der Waals surface area contributed by atoms with Gasteiger partial charge < -0.3 is 9.73 Å². The summed E-state index contributed by atoms with van der Waals surface area (Å²) in [7, 11) is 0. The lowest BCUT2D eigenvalue weighted by atomic mass is 10.2. The summed E-state index contributed by atoms with van der Waals surface area (Å²) in [5.74, 6) is 0.743. The number of hydrogen-bond donors (Lipinski definition) is 1. The summed E-state index contributed by atoms with van der Waals surface area (Å²) < 4.78 is 5.53. The van der Waals surface area contributed by atoms with Crippen molar-refractivity contribution in [2.24, 2.45) is 0 Å². The molecule has 0 fully saturated rings. The van der Waals surface area contributed by atoms with Gasteiger partial charge in [-0.3, -0.25) is 9.69 Å². The van der Waals surface area contributed by atoms with Crippen LogP contribution in [0.25, 0.3) is 6.08 Å². The third kappa shape index (κ3) is 5.04. The first-order chi connectivity index (χ1) is 11.1. The van der Waals surface area contributed by atoms with Gasteiger partial charge in [-0.05, 0) is 38.2 Å². The van der Waals surface area contributed by atoms with E-state index in [2.05, 4.69) is 29.0 Å². The molecule has 0 saturated heterocycles. The molecule has 2 aromatic rings. The van der Waals surface area contributed by atoms with E-state index in [4.69, 9.17) is 4.42 Å². The number of hydrogen-bond acceptors (Lipinski definition) is 5. The van der Waals surface area contributed by atoms with Gasteiger partial charge in [0, 0.05) is 18.0 Å². The van der Waals surface area contributed by atoms with E-state index in [1.165, 1.54) is 6.08 Å². The topological polar surface area (TPSA) is 58.4 Å². The summed E-state index contributed by atoms with van der Waals surface area (Å²) >= 11 is 1.57. The maximum absolute atomic E-state index is 12.0. The Morgan fingerprint density at radius 2 is 2.26 bits per heavy atom. The fourth-order valence-corrected chi connectivity index (χ4v) is 3.01. The molecule has 0 aromatic carbocycles. The van der Waals surface area contributed by atoms with E-state index in [1.54, 1.807) is 23.7 Å². The standard InChI is InChI=1S/C17H23N3O2S/c1-4-20(5-2)15(16-7-6-10-22-16)11-18-17(21)9-8-14-12-23-13(3)19-14/h6-10,12,15H,4-5,11H2,1-3H3,(H,18,21)/b9-8+/t15-/m0/s1. The average Bonchev–Trinajstić information content (AvgIpc) is 3.21. The van der Waals surface area contributed by atoms with Crippen LogP contribution >= 0.6 is 11.3 Å². The SMILES string of the molecule is CCN(CC)[C@@H](CNC(=O)/C=C/c1csc(C)n1)c1ccco1. The van der Waals surface area contributed by atoms with Crippen LogP contribution in [0.4, 0.5) is 0 Å². The van der Waals surface area contributed by atoms with Crippen molar-refractivity contribution >= 4 is 23.3 Å². The van der Waals surface area contributed by atoms with Crippen LogP contribution in [0.1, 0.15) is 36.4 Å². The molecule has 0 aliphatic heterocycles. The van der Waals surface area contributed by atoms with Gasteiger partial charge in [-0.25, -0.2) is 4.98 Å². The van der Waals surface area contributed by atoms with Crippen molar-refractivity contribution in [3.05, 3.63) is 46.3 Å². The third-order valence-electron chi connectivity index (χ3n) is 3.64. The van der Waals surface area contributed by atoms with Gasteiger partial charge in [0.2, 0.25) is 5.91 Å². The Hall–Kier alpha value is -1.92. The summed E-state index contributed by atoms with van der Waals surface area (Å²) in [4.78, 5) is 18.6. The smallest absolute Gasteiger partial charge is 0.244 e. The lowest BCUT2D eigenvalue weighted by Crippen LogP contribution is -2.37. The number of rotatable bonds is 8. The molecule has 0 saturated carbocycles. The minimum absolute atomic E-state index is 0.0406. The molecule has 0 unspecified atom stereocenters. The van der Waals surface area contributed by atoms with Gasteiger partial charge in [-0.2, -0.15) is 0 Å². The molecule has 0 bridgehead atoms. The first-order valence-corrected chi connectivity index (χ1v) is 8.67. The molecule has 2 aromatic heterocycles. The van der Waals surface area contributed by atoms with Crippen molar-refractivity contribution in [1.82, 2.24) is 15.2 Å². The van der Waals surface area contributed by atoms with Gasteiger partial charge in [0.15, 0.2) is 0 Å². The molecule has 1 atom stereocenters. The molecule has 5 nitrogen and oxygen atoms in total. The summed E-state index contributed by atoms with van der Waals surface area (Å²) in [5.41, 5.74) is 0.814. The predicted molar refractivity (Wildman–Crippen MR) is 93.3 cm³/mol. The molecule has 6 heteroatoms. The molecule has 0 radical (unpaired) electrons. The number of thiazole rings is 1. The Morgan fingerprint density at radius 1 is 1.48 bits per heavy atom. The zero-order chi connectivity index (χ0) is 16.7. The van der Waals surface area contributed by atoms with Gasteiger partial charge in [0.05, 0.1) is 23.0 Å². The maximum Gasteiger partial charge on any atom is 0.244 e. The number of aryl methyl sites for hydroxylation is 1. The highest BCUT2D eigenvalue weighted by molar-refractivity contribution is 7.09. The lowest BCUT2D eigenvalue weighted by molar-refractivity contribution is -0.116. The number of aromatic nitrogens is 1. The quantitative estimate of drug-likeness (QED) is 0.753. The van der Waals surface area contributed by atoms with E-state index in [-0.39, 0.29) is 11.9 Å². The van der Waals surface area contributed by atoms with Crippen LogP contribution in [0.15, 0.2) is 34.3 Å². The molecule has 124 valence electrons. The Bertz CT molecular complexity index is 630. The summed E-state index contributed by atoms with van der Waals surface area (Å²) in [6.07, 6.45) is 4.92. The number of carbonyl (C=O) groups is 1. The van der Waals surface area contributed by atoms with Crippen LogP contribution < -0.4 is 5.32 Å². The van der Waals surface area contributed by atoms with Crippen LogP contribution in [0.5, 0.6) is 0 Å². The van der Waals surface area contributed by atoms with Crippen LogP contribution in [-0.2, 0) is 4.79 Å². The fourth-order valence-electron chi connectivity index (χ4n) is 2.43. The predicted octanol–water partition coefficient (Wildman–Crippen LogP) is 3.26. The van der Waals surface area contributed by atoms with E-state index in [0.717, 1.165) is 29.6 Å².